The van der Waals surface area contributed by atoms with Crippen LogP contribution in [-0.4, -0.2) is 0 Å². The lowest BCUT2D eigenvalue weighted by Crippen LogP contribution is -2.10. The van der Waals surface area contributed by atoms with Crippen LogP contribution in [0.2, 0.25) is 0 Å². The fraction of sp³-hybridized carbons (Fsp3) is 0. The van der Waals surface area contributed by atoms with E-state index in [2.05, 4.69) is 169 Å². The van der Waals surface area contributed by atoms with E-state index in [1.54, 1.807) is 0 Å². The van der Waals surface area contributed by atoms with Crippen LogP contribution >= 0.6 is 0 Å². The first-order chi connectivity index (χ1) is 28.8. The summed E-state index contributed by atoms with van der Waals surface area (Å²) >= 11 is 0. The Hall–Kier alpha value is -7.82. The Morgan fingerprint density at radius 2 is 0.793 bits per heavy atom. The van der Waals surface area contributed by atoms with E-state index < -0.39 is 0 Å². The van der Waals surface area contributed by atoms with Crippen molar-refractivity contribution in [2.24, 2.45) is 0 Å². The van der Waals surface area contributed by atoms with Gasteiger partial charge < -0.3 is 18.2 Å². The first-order valence-corrected chi connectivity index (χ1v) is 19.6. The molecule has 12 aromatic rings. The predicted molar refractivity (Wildman–Crippen MR) is 239 cm³/mol. The van der Waals surface area contributed by atoms with Crippen molar-refractivity contribution in [3.8, 4) is 33.4 Å². The molecule has 4 nitrogen and oxygen atoms in total. The van der Waals surface area contributed by atoms with Crippen molar-refractivity contribution in [1.29, 1.82) is 0 Å². The monoisotopic (exact) mass is 743 g/mol. The van der Waals surface area contributed by atoms with Gasteiger partial charge in [-0.3, -0.25) is 0 Å². The Morgan fingerprint density at radius 1 is 0.276 bits per heavy atom. The molecule has 12 rings (SSSR count). The summed E-state index contributed by atoms with van der Waals surface area (Å²) in [6.45, 7) is 0. The minimum absolute atomic E-state index is 0.776. The van der Waals surface area contributed by atoms with Crippen LogP contribution in [0.4, 0.5) is 17.1 Å². The topological polar surface area (TPSA) is 42.7 Å². The molecular formula is C54H33NO3. The Morgan fingerprint density at radius 3 is 1.45 bits per heavy atom. The Bertz CT molecular complexity index is 3400. The van der Waals surface area contributed by atoms with Crippen molar-refractivity contribution in [3.05, 3.63) is 200 Å². The number of rotatable bonds is 6. The molecule has 0 N–H and O–H groups in total. The highest BCUT2D eigenvalue weighted by atomic mass is 16.3. The van der Waals surface area contributed by atoms with Crippen molar-refractivity contribution >= 4 is 82.9 Å². The molecule has 3 aromatic heterocycles. The maximum atomic E-state index is 7.14. The minimum atomic E-state index is 0.776. The van der Waals surface area contributed by atoms with E-state index in [0.29, 0.717) is 0 Å². The minimum Gasteiger partial charge on any atom is -0.456 e. The standard InChI is InChI=1S/C54H33NO3/c1-3-12-34(13-4-1)36-22-26-38(27-23-36)55(39-28-24-37(25-29-39)35-14-5-2-6-15-35)45-31-30-41(43-19-11-18-42-40-16-7-9-20-46(40)57-53(42)43)51-52-49(58-54(45)51)33-32-48-50(52)44-17-8-10-21-47(44)56-48/h1-33H. The van der Waals surface area contributed by atoms with Gasteiger partial charge in [0.25, 0.3) is 0 Å². The first kappa shape index (κ1) is 32.4. The van der Waals surface area contributed by atoms with Gasteiger partial charge in [-0.1, -0.05) is 146 Å². The molecule has 0 aliphatic heterocycles. The molecule has 3 heterocycles. The molecule has 0 aliphatic carbocycles. The van der Waals surface area contributed by atoms with Gasteiger partial charge in [0.15, 0.2) is 5.58 Å². The number of fused-ring (bicyclic) bond motifs is 10. The Balaban J connectivity index is 1.16. The number of hydrogen-bond donors (Lipinski definition) is 0. The summed E-state index contributed by atoms with van der Waals surface area (Å²) in [7, 11) is 0. The average Bonchev–Trinajstić information content (AvgIpc) is 3.99. The van der Waals surface area contributed by atoms with Crippen molar-refractivity contribution in [2.75, 3.05) is 4.90 Å². The van der Waals surface area contributed by atoms with Gasteiger partial charge in [-0.15, -0.1) is 0 Å². The third-order valence-electron chi connectivity index (χ3n) is 11.5. The van der Waals surface area contributed by atoms with E-state index in [0.717, 1.165) is 105 Å². The Kier molecular flexibility index (Phi) is 7.20. The van der Waals surface area contributed by atoms with E-state index in [4.69, 9.17) is 13.3 Å². The predicted octanol–water partition coefficient (Wildman–Crippen LogP) is 15.9. The Labute approximate surface area is 333 Å². The van der Waals surface area contributed by atoms with E-state index >= 15 is 0 Å². The zero-order valence-electron chi connectivity index (χ0n) is 31.2. The van der Waals surface area contributed by atoms with Crippen LogP contribution in [0.5, 0.6) is 0 Å². The summed E-state index contributed by atoms with van der Waals surface area (Å²) < 4.78 is 20.3. The fourth-order valence-corrected chi connectivity index (χ4v) is 8.82. The molecule has 0 unspecified atom stereocenters. The van der Waals surface area contributed by atoms with Crippen molar-refractivity contribution in [1.82, 2.24) is 0 Å². The summed E-state index contributed by atoms with van der Waals surface area (Å²) in [5.74, 6) is 0. The normalized spacial score (nSPS) is 11.8. The van der Waals surface area contributed by atoms with Gasteiger partial charge in [0.1, 0.15) is 27.9 Å². The van der Waals surface area contributed by atoms with Crippen LogP contribution in [-0.2, 0) is 0 Å². The summed E-state index contributed by atoms with van der Waals surface area (Å²) in [4.78, 5) is 2.31. The maximum absolute atomic E-state index is 7.14. The second kappa shape index (κ2) is 12.9. The number of furan rings is 3. The molecule has 58 heavy (non-hydrogen) atoms. The maximum Gasteiger partial charge on any atom is 0.160 e. The molecule has 272 valence electrons. The number of hydrogen-bond acceptors (Lipinski definition) is 4. The molecule has 0 amide bonds. The average molecular weight is 744 g/mol. The van der Waals surface area contributed by atoms with Gasteiger partial charge in [-0.25, -0.2) is 0 Å². The van der Waals surface area contributed by atoms with Gasteiger partial charge in [0.05, 0.1) is 5.69 Å². The number of anilines is 3. The zero-order chi connectivity index (χ0) is 38.2. The highest BCUT2D eigenvalue weighted by molar-refractivity contribution is 6.30. The molecule has 0 aliphatic rings. The van der Waals surface area contributed by atoms with E-state index in [9.17, 15) is 0 Å². The SMILES string of the molecule is c1ccc(-c2ccc(N(c3ccc(-c4ccccc4)cc3)c3ccc(-c4cccc5c4oc4ccccc45)c4c3oc3ccc5oc6ccccc6c5c34)cc2)cc1. The highest BCUT2D eigenvalue weighted by Gasteiger charge is 2.26. The van der Waals surface area contributed by atoms with Crippen LogP contribution in [0, 0.1) is 0 Å². The lowest BCUT2D eigenvalue weighted by atomic mass is 9.95. The van der Waals surface area contributed by atoms with E-state index in [1.807, 2.05) is 36.4 Å². The molecule has 0 spiro atoms. The molecule has 0 saturated carbocycles. The molecule has 4 heteroatoms. The molecular weight excluding hydrogens is 711 g/mol. The van der Waals surface area contributed by atoms with E-state index in [1.165, 1.54) is 11.1 Å². The second-order valence-electron chi connectivity index (χ2n) is 14.8. The molecule has 0 radical (unpaired) electrons. The van der Waals surface area contributed by atoms with Gasteiger partial charge in [0, 0.05) is 49.3 Å². The molecule has 0 saturated heterocycles. The van der Waals surface area contributed by atoms with Gasteiger partial charge in [-0.2, -0.15) is 0 Å². The smallest absolute Gasteiger partial charge is 0.160 e. The van der Waals surface area contributed by atoms with Gasteiger partial charge in [0.2, 0.25) is 0 Å². The second-order valence-corrected chi connectivity index (χ2v) is 14.8. The third-order valence-corrected chi connectivity index (χ3v) is 11.5. The van der Waals surface area contributed by atoms with Crippen molar-refractivity contribution in [2.45, 2.75) is 0 Å². The largest absolute Gasteiger partial charge is 0.456 e. The summed E-state index contributed by atoms with van der Waals surface area (Å²) in [5.41, 5.74) is 14.6. The molecule has 9 aromatic carbocycles. The zero-order valence-corrected chi connectivity index (χ0v) is 31.2. The summed E-state index contributed by atoms with van der Waals surface area (Å²) in [5, 5.41) is 6.28. The molecule has 0 atom stereocenters. The number of para-hydroxylation sites is 3. The van der Waals surface area contributed by atoms with Gasteiger partial charge >= 0.3 is 0 Å². The fourth-order valence-electron chi connectivity index (χ4n) is 8.82. The third kappa shape index (κ3) is 5.02. The van der Waals surface area contributed by atoms with Gasteiger partial charge in [-0.05, 0) is 82.4 Å². The van der Waals surface area contributed by atoms with Crippen LogP contribution in [0.3, 0.4) is 0 Å². The van der Waals surface area contributed by atoms with Crippen molar-refractivity contribution in [3.63, 3.8) is 0 Å². The molecule has 0 fully saturated rings. The van der Waals surface area contributed by atoms with Crippen LogP contribution in [0.1, 0.15) is 0 Å². The number of nitrogens with zero attached hydrogens (tertiary/aromatic N) is 1. The lowest BCUT2D eigenvalue weighted by molar-refractivity contribution is 0.663. The van der Waals surface area contributed by atoms with Crippen LogP contribution < -0.4 is 4.90 Å². The lowest BCUT2D eigenvalue weighted by Gasteiger charge is -2.26. The van der Waals surface area contributed by atoms with Crippen LogP contribution in [0.15, 0.2) is 213 Å². The molecule has 0 bridgehead atoms. The first-order valence-electron chi connectivity index (χ1n) is 19.6. The van der Waals surface area contributed by atoms with Crippen LogP contribution in [0.25, 0.3) is 99.2 Å². The summed E-state index contributed by atoms with van der Waals surface area (Å²) in [6.07, 6.45) is 0. The quantitative estimate of drug-likeness (QED) is 0.170. The van der Waals surface area contributed by atoms with E-state index in [-0.39, 0.29) is 0 Å². The van der Waals surface area contributed by atoms with Crippen molar-refractivity contribution < 1.29 is 13.3 Å². The number of benzene rings is 9. The summed E-state index contributed by atoms with van der Waals surface area (Å²) in [6, 6.07) is 70.1. The highest BCUT2D eigenvalue weighted by Crippen LogP contribution is 2.50.